The Morgan fingerprint density at radius 3 is 2.68 bits per heavy atom. The first kappa shape index (κ1) is 18.5. The number of thiazole rings is 1. The molecule has 6 heteroatoms. The third-order valence-electron chi connectivity index (χ3n) is 4.33. The fraction of sp³-hybridized carbons (Fsp3) is 0.474. The minimum Gasteiger partial charge on any atom is -0.320 e. The molecule has 1 saturated carbocycles. The zero-order chi connectivity index (χ0) is 18.4. The highest BCUT2D eigenvalue weighted by molar-refractivity contribution is 9.10. The molecule has 1 aromatic heterocycles. The molecule has 0 unspecified atom stereocenters. The molecule has 0 aliphatic heterocycles. The normalized spacial score (nSPS) is 15.7. The van der Waals surface area contributed by atoms with Gasteiger partial charge in [-0.2, -0.15) is 4.99 Å². The van der Waals surface area contributed by atoms with Crippen LogP contribution in [0.3, 0.4) is 0 Å². The quantitative estimate of drug-likeness (QED) is 0.665. The molecule has 0 spiro atoms. The standard InChI is InChI=1S/C19H22BrFN2OS/c1-11-16(19(2,3)4)25-18(23(11)10-12-5-6-12)22-17(24)14-9-13(21)7-8-15(14)20/h7-9,12H,5-6,10H2,1-4H3/b22-18-. The van der Waals surface area contributed by atoms with Crippen molar-refractivity contribution in [1.82, 2.24) is 4.57 Å². The average molecular weight is 425 g/mol. The van der Waals surface area contributed by atoms with E-state index in [0.717, 1.165) is 6.54 Å². The SMILES string of the molecule is Cc1c(C(C)(C)C)s/c(=N\C(=O)c2cc(F)ccc2Br)n1CC1CC1. The van der Waals surface area contributed by atoms with Gasteiger partial charge in [0.25, 0.3) is 5.91 Å². The monoisotopic (exact) mass is 424 g/mol. The summed E-state index contributed by atoms with van der Waals surface area (Å²) in [4.78, 5) is 18.9. The number of carbonyl (C=O) groups is 1. The molecule has 0 radical (unpaired) electrons. The summed E-state index contributed by atoms with van der Waals surface area (Å²) in [6, 6.07) is 4.09. The number of hydrogen-bond acceptors (Lipinski definition) is 2. The molecule has 1 aromatic carbocycles. The van der Waals surface area contributed by atoms with Crippen LogP contribution in [0.15, 0.2) is 27.7 Å². The van der Waals surface area contributed by atoms with Crippen molar-refractivity contribution in [2.75, 3.05) is 0 Å². The Balaban J connectivity index is 2.09. The van der Waals surface area contributed by atoms with Crippen LogP contribution in [-0.2, 0) is 12.0 Å². The van der Waals surface area contributed by atoms with Gasteiger partial charge in [0.15, 0.2) is 4.80 Å². The van der Waals surface area contributed by atoms with E-state index in [-0.39, 0.29) is 11.0 Å². The molecule has 1 amide bonds. The second-order valence-electron chi connectivity index (χ2n) is 7.64. The van der Waals surface area contributed by atoms with Crippen LogP contribution in [0.25, 0.3) is 0 Å². The maximum absolute atomic E-state index is 13.5. The van der Waals surface area contributed by atoms with Crippen molar-refractivity contribution >= 4 is 33.2 Å². The third-order valence-corrected chi connectivity index (χ3v) is 6.63. The molecule has 3 nitrogen and oxygen atoms in total. The van der Waals surface area contributed by atoms with E-state index < -0.39 is 11.7 Å². The molecular weight excluding hydrogens is 403 g/mol. The fourth-order valence-corrected chi connectivity index (χ4v) is 4.46. The molecule has 134 valence electrons. The Bertz CT molecular complexity index is 888. The summed E-state index contributed by atoms with van der Waals surface area (Å²) in [6.07, 6.45) is 2.46. The van der Waals surface area contributed by atoms with Gasteiger partial charge in [-0.3, -0.25) is 4.79 Å². The van der Waals surface area contributed by atoms with Gasteiger partial charge in [-0.1, -0.05) is 20.8 Å². The molecule has 0 atom stereocenters. The smallest absolute Gasteiger partial charge is 0.280 e. The lowest BCUT2D eigenvalue weighted by Gasteiger charge is -2.17. The van der Waals surface area contributed by atoms with Crippen molar-refractivity contribution in [3.8, 4) is 0 Å². The van der Waals surface area contributed by atoms with E-state index in [0.29, 0.717) is 15.2 Å². The van der Waals surface area contributed by atoms with E-state index in [1.807, 2.05) is 0 Å². The van der Waals surface area contributed by atoms with Crippen LogP contribution >= 0.6 is 27.3 Å². The maximum atomic E-state index is 13.5. The van der Waals surface area contributed by atoms with Crippen LogP contribution in [-0.4, -0.2) is 10.5 Å². The largest absolute Gasteiger partial charge is 0.320 e. The van der Waals surface area contributed by atoms with Gasteiger partial charge in [-0.15, -0.1) is 11.3 Å². The van der Waals surface area contributed by atoms with Gasteiger partial charge in [0.2, 0.25) is 0 Å². The Hall–Kier alpha value is -1.27. The zero-order valence-electron chi connectivity index (χ0n) is 14.9. The highest BCUT2D eigenvalue weighted by Gasteiger charge is 2.27. The van der Waals surface area contributed by atoms with Gasteiger partial charge in [0.1, 0.15) is 5.82 Å². The van der Waals surface area contributed by atoms with Crippen molar-refractivity contribution in [1.29, 1.82) is 0 Å². The first-order valence-corrected chi connectivity index (χ1v) is 10.0. The lowest BCUT2D eigenvalue weighted by molar-refractivity contribution is 0.0996. The molecule has 1 fully saturated rings. The lowest BCUT2D eigenvalue weighted by Crippen LogP contribution is -2.20. The minimum atomic E-state index is -0.439. The van der Waals surface area contributed by atoms with Crippen molar-refractivity contribution < 1.29 is 9.18 Å². The summed E-state index contributed by atoms with van der Waals surface area (Å²) < 4.78 is 16.2. The van der Waals surface area contributed by atoms with E-state index in [4.69, 9.17) is 0 Å². The molecule has 1 heterocycles. The minimum absolute atomic E-state index is 0.00366. The molecule has 3 rings (SSSR count). The van der Waals surface area contributed by atoms with Crippen LogP contribution in [0.4, 0.5) is 4.39 Å². The Morgan fingerprint density at radius 2 is 2.08 bits per heavy atom. The number of hydrogen-bond donors (Lipinski definition) is 0. The predicted octanol–water partition coefficient (Wildman–Crippen LogP) is 5.21. The zero-order valence-corrected chi connectivity index (χ0v) is 17.3. The summed E-state index contributed by atoms with van der Waals surface area (Å²) in [7, 11) is 0. The van der Waals surface area contributed by atoms with E-state index in [9.17, 15) is 9.18 Å². The summed E-state index contributed by atoms with van der Waals surface area (Å²) >= 11 is 4.88. The topological polar surface area (TPSA) is 34.4 Å². The maximum Gasteiger partial charge on any atom is 0.280 e. The first-order chi connectivity index (χ1) is 11.7. The molecular formula is C19H22BrFN2OS. The second-order valence-corrected chi connectivity index (χ2v) is 9.48. The van der Waals surface area contributed by atoms with Gasteiger partial charge in [0.05, 0.1) is 5.56 Å². The van der Waals surface area contributed by atoms with Crippen molar-refractivity contribution in [3.63, 3.8) is 0 Å². The number of rotatable bonds is 3. The number of benzene rings is 1. The molecule has 0 bridgehead atoms. The number of amides is 1. The molecule has 0 N–H and O–H groups in total. The Morgan fingerprint density at radius 1 is 1.40 bits per heavy atom. The summed E-state index contributed by atoms with van der Waals surface area (Å²) in [5.41, 5.74) is 1.42. The van der Waals surface area contributed by atoms with E-state index in [1.54, 1.807) is 11.3 Å². The molecule has 25 heavy (non-hydrogen) atoms. The van der Waals surface area contributed by atoms with Crippen LogP contribution in [0.5, 0.6) is 0 Å². The van der Waals surface area contributed by atoms with Crippen molar-refractivity contribution in [2.24, 2.45) is 10.9 Å². The first-order valence-electron chi connectivity index (χ1n) is 8.41. The third kappa shape index (κ3) is 4.11. The van der Waals surface area contributed by atoms with E-state index in [1.165, 1.54) is 41.6 Å². The van der Waals surface area contributed by atoms with Crippen LogP contribution in [0.1, 0.15) is 54.5 Å². The molecule has 1 aliphatic rings. The summed E-state index contributed by atoms with van der Waals surface area (Å²) in [6.45, 7) is 9.50. The summed E-state index contributed by atoms with van der Waals surface area (Å²) in [5.74, 6) is -0.181. The molecule has 2 aromatic rings. The molecule has 1 aliphatic carbocycles. The highest BCUT2D eigenvalue weighted by atomic mass is 79.9. The van der Waals surface area contributed by atoms with Crippen LogP contribution in [0, 0.1) is 18.7 Å². The fourth-order valence-electron chi connectivity index (χ4n) is 2.85. The van der Waals surface area contributed by atoms with Gasteiger partial charge in [-0.25, -0.2) is 4.39 Å². The number of aromatic nitrogens is 1. The number of carbonyl (C=O) groups excluding carboxylic acids is 1. The van der Waals surface area contributed by atoms with Gasteiger partial charge < -0.3 is 4.57 Å². The van der Waals surface area contributed by atoms with Crippen molar-refractivity contribution in [3.05, 3.63) is 49.4 Å². The van der Waals surface area contributed by atoms with E-state index >= 15 is 0 Å². The van der Waals surface area contributed by atoms with Gasteiger partial charge in [0, 0.05) is 21.6 Å². The second kappa shape index (κ2) is 6.80. The van der Waals surface area contributed by atoms with Crippen molar-refractivity contribution in [2.45, 2.75) is 52.5 Å². The van der Waals surface area contributed by atoms with Crippen LogP contribution in [0.2, 0.25) is 0 Å². The Labute approximate surface area is 159 Å². The molecule has 0 saturated heterocycles. The predicted molar refractivity (Wildman–Crippen MR) is 102 cm³/mol. The van der Waals surface area contributed by atoms with Crippen LogP contribution < -0.4 is 4.80 Å². The summed E-state index contributed by atoms with van der Waals surface area (Å²) in [5, 5.41) is 0. The number of nitrogens with zero attached hydrogens (tertiary/aromatic N) is 2. The average Bonchev–Trinajstić information content (AvgIpc) is 3.28. The highest BCUT2D eigenvalue weighted by Crippen LogP contribution is 2.33. The lowest BCUT2D eigenvalue weighted by atomic mass is 9.93. The van der Waals surface area contributed by atoms with Gasteiger partial charge >= 0.3 is 0 Å². The van der Waals surface area contributed by atoms with Gasteiger partial charge in [-0.05, 0) is 65.2 Å². The number of halogens is 2. The Kier molecular flexibility index (Phi) is 5.04. The van der Waals surface area contributed by atoms with E-state index in [2.05, 4.69) is 53.2 Å².